The van der Waals surface area contributed by atoms with Crippen molar-refractivity contribution in [2.24, 2.45) is 0 Å². The Morgan fingerprint density at radius 1 is 1.20 bits per heavy atom. The van der Waals surface area contributed by atoms with Gasteiger partial charge in [0.15, 0.2) is 0 Å². The number of nitrogens with one attached hydrogen (secondary N) is 1. The van der Waals surface area contributed by atoms with Crippen molar-refractivity contribution in [3.8, 4) is 0 Å². The minimum atomic E-state index is -3.36. The van der Waals surface area contributed by atoms with Crippen molar-refractivity contribution < 1.29 is 18.1 Å². The molecule has 1 aromatic heterocycles. The molecular weight excluding hydrogens is 339 g/mol. The SMILES string of the molecule is C=C(Cc1cc2ccccc2cn1)NCCCCOP(=O)(OC)OC. The number of aromatic nitrogens is 1. The van der Waals surface area contributed by atoms with E-state index in [1.165, 1.54) is 19.6 Å². The summed E-state index contributed by atoms with van der Waals surface area (Å²) in [4.78, 5) is 4.47. The molecule has 7 heteroatoms. The van der Waals surface area contributed by atoms with E-state index < -0.39 is 7.82 Å². The third-order valence-electron chi connectivity index (χ3n) is 3.72. The van der Waals surface area contributed by atoms with Gasteiger partial charge in [0.25, 0.3) is 0 Å². The van der Waals surface area contributed by atoms with Gasteiger partial charge in [0, 0.05) is 50.2 Å². The van der Waals surface area contributed by atoms with Gasteiger partial charge in [-0.1, -0.05) is 30.8 Å². The molecule has 0 amide bonds. The Morgan fingerprint density at radius 2 is 1.92 bits per heavy atom. The van der Waals surface area contributed by atoms with Gasteiger partial charge in [-0.2, -0.15) is 0 Å². The van der Waals surface area contributed by atoms with Crippen LogP contribution in [0.15, 0.2) is 48.8 Å². The molecule has 0 atom stereocenters. The zero-order valence-electron chi connectivity index (χ0n) is 14.7. The van der Waals surface area contributed by atoms with E-state index in [9.17, 15) is 4.57 Å². The molecule has 25 heavy (non-hydrogen) atoms. The van der Waals surface area contributed by atoms with Gasteiger partial charge in [-0.05, 0) is 24.3 Å². The van der Waals surface area contributed by atoms with Crippen molar-refractivity contribution in [1.82, 2.24) is 10.3 Å². The Hall–Kier alpha value is -1.72. The number of unbranched alkanes of at least 4 members (excludes halogenated alkanes) is 1. The van der Waals surface area contributed by atoms with Crippen LogP contribution in [0.3, 0.4) is 0 Å². The second-order valence-corrected chi connectivity index (χ2v) is 7.47. The molecule has 136 valence electrons. The summed E-state index contributed by atoms with van der Waals surface area (Å²) in [7, 11) is -0.757. The maximum absolute atomic E-state index is 11.7. The largest absolute Gasteiger partial charge is 0.474 e. The first-order chi connectivity index (χ1) is 12.1. The zero-order chi connectivity index (χ0) is 18.1. The average molecular weight is 364 g/mol. The van der Waals surface area contributed by atoms with Crippen molar-refractivity contribution in [3.63, 3.8) is 0 Å². The first-order valence-electron chi connectivity index (χ1n) is 8.17. The van der Waals surface area contributed by atoms with Crippen molar-refractivity contribution in [2.45, 2.75) is 19.3 Å². The standard InChI is InChI=1S/C18H25N2O4P/c1-15(19-10-6-7-11-24-25(21,22-2)23-3)12-18-13-16-8-4-5-9-17(16)14-20-18/h4-5,8-9,13-14,19H,1,6-7,10-12H2,2-3H3. The molecule has 2 rings (SSSR count). The van der Waals surface area contributed by atoms with Gasteiger partial charge in [-0.15, -0.1) is 0 Å². The van der Waals surface area contributed by atoms with Crippen molar-refractivity contribution in [1.29, 1.82) is 0 Å². The quantitative estimate of drug-likeness (QED) is 0.479. The van der Waals surface area contributed by atoms with Crippen molar-refractivity contribution in [2.75, 3.05) is 27.4 Å². The molecule has 0 saturated carbocycles. The highest BCUT2D eigenvalue weighted by molar-refractivity contribution is 7.48. The fourth-order valence-electron chi connectivity index (χ4n) is 2.36. The van der Waals surface area contributed by atoms with E-state index in [-0.39, 0.29) is 0 Å². The van der Waals surface area contributed by atoms with Gasteiger partial charge in [0.2, 0.25) is 0 Å². The van der Waals surface area contributed by atoms with Crippen LogP contribution in [-0.2, 0) is 24.6 Å². The predicted octanol–water partition coefficient (Wildman–Crippen LogP) is 4.08. The second-order valence-electron chi connectivity index (χ2n) is 5.58. The first kappa shape index (κ1) is 19.6. The van der Waals surface area contributed by atoms with E-state index >= 15 is 0 Å². The highest BCUT2D eigenvalue weighted by atomic mass is 31.2. The number of rotatable bonds is 11. The molecule has 1 heterocycles. The fraction of sp³-hybridized carbons (Fsp3) is 0.389. The summed E-state index contributed by atoms with van der Waals surface area (Å²) in [5.41, 5.74) is 1.91. The topological polar surface area (TPSA) is 69.7 Å². The summed E-state index contributed by atoms with van der Waals surface area (Å²) in [5.74, 6) is 0. The number of phosphoric ester groups is 1. The van der Waals surface area contributed by atoms with Gasteiger partial charge in [-0.3, -0.25) is 18.6 Å². The summed E-state index contributed by atoms with van der Waals surface area (Å²) in [6, 6.07) is 10.2. The Kier molecular flexibility index (Phi) is 7.59. The third kappa shape index (κ3) is 6.25. The number of allylic oxidation sites excluding steroid dienone is 1. The van der Waals surface area contributed by atoms with E-state index in [2.05, 4.69) is 29.0 Å². The Bertz CT molecular complexity index is 743. The molecule has 0 spiro atoms. The smallest absolute Gasteiger partial charge is 0.389 e. The number of pyridine rings is 1. The molecule has 2 aromatic rings. The fourth-order valence-corrected chi connectivity index (χ4v) is 3.07. The summed E-state index contributed by atoms with van der Waals surface area (Å²) < 4.78 is 26.2. The number of benzene rings is 1. The molecule has 0 aliphatic heterocycles. The normalized spacial score (nSPS) is 11.6. The van der Waals surface area contributed by atoms with Crippen LogP contribution in [0.2, 0.25) is 0 Å². The van der Waals surface area contributed by atoms with Gasteiger partial charge >= 0.3 is 7.82 Å². The summed E-state index contributed by atoms with van der Waals surface area (Å²) in [6.07, 6.45) is 4.17. The highest BCUT2D eigenvalue weighted by Gasteiger charge is 2.21. The van der Waals surface area contributed by atoms with E-state index in [0.29, 0.717) is 13.0 Å². The molecule has 6 nitrogen and oxygen atoms in total. The lowest BCUT2D eigenvalue weighted by Gasteiger charge is -2.13. The number of fused-ring (bicyclic) bond motifs is 1. The van der Waals surface area contributed by atoms with Crippen LogP contribution >= 0.6 is 7.82 Å². The van der Waals surface area contributed by atoms with E-state index in [1.54, 1.807) is 0 Å². The van der Waals surface area contributed by atoms with E-state index in [0.717, 1.165) is 36.2 Å². The van der Waals surface area contributed by atoms with E-state index in [1.807, 2.05) is 24.4 Å². The molecular formula is C18H25N2O4P. The number of nitrogens with zero attached hydrogens (tertiary/aromatic N) is 1. The molecule has 1 aromatic carbocycles. The summed E-state index contributed by atoms with van der Waals surface area (Å²) >= 11 is 0. The molecule has 0 radical (unpaired) electrons. The molecule has 0 aliphatic carbocycles. The first-order valence-corrected chi connectivity index (χ1v) is 9.64. The highest BCUT2D eigenvalue weighted by Crippen LogP contribution is 2.47. The van der Waals surface area contributed by atoms with Gasteiger partial charge < -0.3 is 5.32 Å². The number of hydrogen-bond acceptors (Lipinski definition) is 6. The summed E-state index contributed by atoms with van der Waals surface area (Å²) in [5, 5.41) is 5.60. The molecule has 0 bridgehead atoms. The monoisotopic (exact) mass is 364 g/mol. The Balaban J connectivity index is 1.67. The minimum absolute atomic E-state index is 0.319. The predicted molar refractivity (Wildman–Crippen MR) is 99.4 cm³/mol. The van der Waals surface area contributed by atoms with Gasteiger partial charge in [0.1, 0.15) is 0 Å². The lowest BCUT2D eigenvalue weighted by Crippen LogP contribution is -2.16. The van der Waals surface area contributed by atoms with E-state index in [4.69, 9.17) is 13.6 Å². The Labute approximate surface area is 148 Å². The number of phosphoric acid groups is 1. The van der Waals surface area contributed by atoms with Crippen LogP contribution in [0.1, 0.15) is 18.5 Å². The van der Waals surface area contributed by atoms with Crippen LogP contribution in [0.5, 0.6) is 0 Å². The van der Waals surface area contributed by atoms with Crippen LogP contribution < -0.4 is 5.32 Å². The number of hydrogen-bond donors (Lipinski definition) is 1. The zero-order valence-corrected chi connectivity index (χ0v) is 15.6. The van der Waals surface area contributed by atoms with Crippen LogP contribution in [0.4, 0.5) is 0 Å². The maximum atomic E-state index is 11.7. The second kappa shape index (κ2) is 9.68. The molecule has 0 unspecified atom stereocenters. The van der Waals surface area contributed by atoms with Crippen molar-refractivity contribution in [3.05, 3.63) is 54.5 Å². The minimum Gasteiger partial charge on any atom is -0.389 e. The molecule has 1 N–H and O–H groups in total. The average Bonchev–Trinajstić information content (AvgIpc) is 2.64. The molecule has 0 aliphatic rings. The summed E-state index contributed by atoms with van der Waals surface area (Å²) in [6.45, 7) is 5.13. The lowest BCUT2D eigenvalue weighted by molar-refractivity contribution is 0.150. The molecule has 0 fully saturated rings. The Morgan fingerprint density at radius 3 is 2.64 bits per heavy atom. The van der Waals surface area contributed by atoms with Crippen LogP contribution in [0, 0.1) is 0 Å². The lowest BCUT2D eigenvalue weighted by atomic mass is 10.1. The third-order valence-corrected chi connectivity index (χ3v) is 5.12. The van der Waals surface area contributed by atoms with Gasteiger partial charge in [0.05, 0.1) is 6.61 Å². The van der Waals surface area contributed by atoms with Crippen molar-refractivity contribution >= 4 is 18.6 Å². The molecule has 0 saturated heterocycles. The maximum Gasteiger partial charge on any atom is 0.474 e. The van der Waals surface area contributed by atoms with Gasteiger partial charge in [-0.25, -0.2) is 4.57 Å². The van der Waals surface area contributed by atoms with Crippen LogP contribution in [-0.4, -0.2) is 32.4 Å². The van der Waals surface area contributed by atoms with Crippen LogP contribution in [0.25, 0.3) is 10.8 Å².